The van der Waals surface area contributed by atoms with Crippen LogP contribution in [0.5, 0.6) is 0 Å². The van der Waals surface area contributed by atoms with Crippen LogP contribution >= 0.6 is 0 Å². The van der Waals surface area contributed by atoms with Crippen molar-refractivity contribution in [2.75, 3.05) is 19.8 Å². The standard InChI is InChI=1S/C12H23NO2/c14-12(7-8-15-10-12)9-13-11-5-3-1-2-4-6-11/h11,13-14H,1-10H2. The molecule has 3 heteroatoms. The van der Waals surface area contributed by atoms with E-state index in [1.165, 1.54) is 38.5 Å². The molecule has 88 valence electrons. The van der Waals surface area contributed by atoms with Crippen LogP contribution in [0.25, 0.3) is 0 Å². The van der Waals surface area contributed by atoms with Crippen LogP contribution < -0.4 is 5.32 Å². The fourth-order valence-electron chi connectivity index (χ4n) is 2.55. The van der Waals surface area contributed by atoms with Gasteiger partial charge in [0.25, 0.3) is 0 Å². The van der Waals surface area contributed by atoms with E-state index in [1.807, 2.05) is 0 Å². The summed E-state index contributed by atoms with van der Waals surface area (Å²) in [6, 6.07) is 0.622. The van der Waals surface area contributed by atoms with Crippen LogP contribution in [0.15, 0.2) is 0 Å². The Hall–Kier alpha value is -0.120. The van der Waals surface area contributed by atoms with Gasteiger partial charge >= 0.3 is 0 Å². The Morgan fingerprint density at radius 1 is 1.20 bits per heavy atom. The summed E-state index contributed by atoms with van der Waals surface area (Å²) in [5.41, 5.74) is -0.591. The number of hydrogen-bond acceptors (Lipinski definition) is 3. The number of aliphatic hydroxyl groups is 1. The molecule has 2 N–H and O–H groups in total. The van der Waals surface area contributed by atoms with Crippen molar-refractivity contribution in [2.45, 2.75) is 56.6 Å². The Kier molecular flexibility index (Phi) is 4.00. The van der Waals surface area contributed by atoms with Crippen LogP contribution in [0.1, 0.15) is 44.9 Å². The van der Waals surface area contributed by atoms with Crippen LogP contribution in [-0.2, 0) is 4.74 Å². The molecule has 0 aromatic rings. The van der Waals surface area contributed by atoms with E-state index < -0.39 is 5.60 Å². The van der Waals surface area contributed by atoms with Gasteiger partial charge in [0.1, 0.15) is 5.60 Å². The van der Waals surface area contributed by atoms with Gasteiger partial charge in [-0.05, 0) is 12.8 Å². The molecule has 1 saturated carbocycles. The second-order valence-corrected chi connectivity index (χ2v) is 5.10. The highest BCUT2D eigenvalue weighted by atomic mass is 16.5. The molecule has 0 radical (unpaired) electrons. The first-order chi connectivity index (χ1) is 7.29. The molecule has 1 unspecified atom stereocenters. The molecule has 0 bridgehead atoms. The molecule has 2 rings (SSSR count). The monoisotopic (exact) mass is 213 g/mol. The fraction of sp³-hybridized carbons (Fsp3) is 1.00. The molecule has 0 amide bonds. The van der Waals surface area contributed by atoms with E-state index in [9.17, 15) is 5.11 Å². The molecular formula is C12H23NO2. The summed E-state index contributed by atoms with van der Waals surface area (Å²) in [7, 11) is 0. The van der Waals surface area contributed by atoms with E-state index in [-0.39, 0.29) is 0 Å². The third-order valence-corrected chi connectivity index (χ3v) is 3.66. The van der Waals surface area contributed by atoms with Crippen LogP contribution in [-0.4, -0.2) is 36.5 Å². The molecule has 15 heavy (non-hydrogen) atoms. The average Bonchev–Trinajstić information content (AvgIpc) is 2.53. The van der Waals surface area contributed by atoms with Crippen LogP contribution in [0.2, 0.25) is 0 Å². The molecule has 2 fully saturated rings. The number of nitrogens with one attached hydrogen (secondary N) is 1. The minimum absolute atomic E-state index is 0.507. The zero-order valence-corrected chi connectivity index (χ0v) is 9.50. The molecule has 3 nitrogen and oxygen atoms in total. The summed E-state index contributed by atoms with van der Waals surface area (Å²) in [4.78, 5) is 0. The van der Waals surface area contributed by atoms with Gasteiger partial charge in [-0.2, -0.15) is 0 Å². The van der Waals surface area contributed by atoms with E-state index in [4.69, 9.17) is 4.74 Å². The predicted molar refractivity (Wildman–Crippen MR) is 59.9 cm³/mol. The van der Waals surface area contributed by atoms with Crippen molar-refractivity contribution in [1.29, 1.82) is 0 Å². The molecule has 0 aromatic carbocycles. The SMILES string of the molecule is OC1(CNC2CCCCCC2)CCOC1. The quantitative estimate of drug-likeness (QED) is 0.697. The lowest BCUT2D eigenvalue weighted by molar-refractivity contribution is 0.0244. The van der Waals surface area contributed by atoms with Crippen molar-refractivity contribution in [3.05, 3.63) is 0 Å². The first kappa shape index (κ1) is 11.4. The van der Waals surface area contributed by atoms with Crippen molar-refractivity contribution < 1.29 is 9.84 Å². The molecule has 1 saturated heterocycles. The minimum atomic E-state index is -0.591. The smallest absolute Gasteiger partial charge is 0.102 e. The Labute approximate surface area is 92.2 Å². The topological polar surface area (TPSA) is 41.5 Å². The Bertz CT molecular complexity index is 182. The van der Waals surface area contributed by atoms with E-state index in [2.05, 4.69) is 5.32 Å². The zero-order valence-electron chi connectivity index (χ0n) is 9.50. The zero-order chi connectivity index (χ0) is 10.6. The maximum absolute atomic E-state index is 10.1. The largest absolute Gasteiger partial charge is 0.386 e. The fourth-order valence-corrected chi connectivity index (χ4v) is 2.55. The summed E-state index contributed by atoms with van der Waals surface area (Å²) in [5, 5.41) is 13.6. The van der Waals surface area contributed by atoms with Crippen molar-refractivity contribution in [1.82, 2.24) is 5.32 Å². The second kappa shape index (κ2) is 5.28. The van der Waals surface area contributed by atoms with Crippen molar-refractivity contribution >= 4 is 0 Å². The van der Waals surface area contributed by atoms with Crippen molar-refractivity contribution in [3.63, 3.8) is 0 Å². The van der Waals surface area contributed by atoms with Gasteiger partial charge in [-0.15, -0.1) is 0 Å². The molecular weight excluding hydrogens is 190 g/mol. The Balaban J connectivity index is 1.71. The molecule has 0 aromatic heterocycles. The Morgan fingerprint density at radius 3 is 2.53 bits per heavy atom. The number of rotatable bonds is 3. The number of hydrogen-bond donors (Lipinski definition) is 2. The highest BCUT2D eigenvalue weighted by Crippen LogP contribution is 2.20. The lowest BCUT2D eigenvalue weighted by Crippen LogP contribution is -2.44. The molecule has 1 aliphatic heterocycles. The van der Waals surface area contributed by atoms with E-state index >= 15 is 0 Å². The van der Waals surface area contributed by atoms with Gasteiger partial charge in [0.05, 0.1) is 6.61 Å². The summed E-state index contributed by atoms with van der Waals surface area (Å²) in [5.74, 6) is 0. The molecule has 0 spiro atoms. The van der Waals surface area contributed by atoms with Crippen molar-refractivity contribution in [3.8, 4) is 0 Å². The number of ether oxygens (including phenoxy) is 1. The summed E-state index contributed by atoms with van der Waals surface area (Å²) >= 11 is 0. The lowest BCUT2D eigenvalue weighted by Gasteiger charge is -2.25. The second-order valence-electron chi connectivity index (χ2n) is 5.10. The van der Waals surface area contributed by atoms with Gasteiger partial charge in [-0.1, -0.05) is 25.7 Å². The highest BCUT2D eigenvalue weighted by molar-refractivity contribution is 4.86. The van der Waals surface area contributed by atoms with Gasteiger partial charge in [-0.3, -0.25) is 0 Å². The van der Waals surface area contributed by atoms with Crippen LogP contribution in [0, 0.1) is 0 Å². The molecule has 1 aliphatic carbocycles. The first-order valence-corrected chi connectivity index (χ1v) is 6.32. The lowest BCUT2D eigenvalue weighted by atomic mass is 10.0. The normalized spacial score (nSPS) is 34.2. The van der Waals surface area contributed by atoms with Gasteiger partial charge in [0.2, 0.25) is 0 Å². The van der Waals surface area contributed by atoms with Gasteiger partial charge in [-0.25, -0.2) is 0 Å². The third-order valence-electron chi connectivity index (χ3n) is 3.66. The van der Waals surface area contributed by atoms with Gasteiger partial charge in [0.15, 0.2) is 0 Å². The summed E-state index contributed by atoms with van der Waals surface area (Å²) in [6.45, 7) is 1.92. The first-order valence-electron chi connectivity index (χ1n) is 6.32. The average molecular weight is 213 g/mol. The van der Waals surface area contributed by atoms with Crippen LogP contribution in [0.4, 0.5) is 0 Å². The van der Waals surface area contributed by atoms with Crippen LogP contribution in [0.3, 0.4) is 0 Å². The molecule has 1 heterocycles. The molecule has 2 aliphatic rings. The minimum Gasteiger partial charge on any atom is -0.386 e. The maximum atomic E-state index is 10.1. The van der Waals surface area contributed by atoms with Gasteiger partial charge < -0.3 is 15.2 Å². The Morgan fingerprint density at radius 2 is 1.93 bits per heavy atom. The van der Waals surface area contributed by atoms with Crippen molar-refractivity contribution in [2.24, 2.45) is 0 Å². The summed E-state index contributed by atoms with van der Waals surface area (Å²) in [6.07, 6.45) is 8.77. The third kappa shape index (κ3) is 3.44. The summed E-state index contributed by atoms with van der Waals surface area (Å²) < 4.78 is 5.23. The maximum Gasteiger partial charge on any atom is 0.102 e. The molecule has 1 atom stereocenters. The van der Waals surface area contributed by atoms with Gasteiger partial charge in [0, 0.05) is 25.6 Å². The highest BCUT2D eigenvalue weighted by Gasteiger charge is 2.32. The van der Waals surface area contributed by atoms with E-state index in [0.29, 0.717) is 25.8 Å². The van der Waals surface area contributed by atoms with E-state index in [1.54, 1.807) is 0 Å². The predicted octanol–water partition coefficient (Wildman–Crippen LogP) is 1.45. The van der Waals surface area contributed by atoms with E-state index in [0.717, 1.165) is 6.42 Å².